The number of morpholine rings is 1. The molecule has 0 spiro atoms. The molecule has 3 rings (SSSR count). The highest BCUT2D eigenvalue weighted by Crippen LogP contribution is 2.16. The third kappa shape index (κ3) is 4.66. The molecule has 2 aromatic carbocycles. The van der Waals surface area contributed by atoms with Gasteiger partial charge in [0, 0.05) is 19.6 Å². The zero-order chi connectivity index (χ0) is 16.8. The van der Waals surface area contributed by atoms with E-state index < -0.39 is 5.97 Å². The second-order valence-corrected chi connectivity index (χ2v) is 6.26. The topological polar surface area (TPSA) is 49.8 Å². The molecule has 4 nitrogen and oxygen atoms in total. The van der Waals surface area contributed by atoms with E-state index in [0.29, 0.717) is 5.56 Å². The molecule has 1 atom stereocenters. The molecule has 1 aliphatic rings. The van der Waals surface area contributed by atoms with Gasteiger partial charge in [-0.3, -0.25) is 4.90 Å². The van der Waals surface area contributed by atoms with Gasteiger partial charge in [0.1, 0.15) is 0 Å². The first-order valence-corrected chi connectivity index (χ1v) is 8.41. The molecule has 1 aliphatic heterocycles. The zero-order valence-corrected chi connectivity index (χ0v) is 13.7. The van der Waals surface area contributed by atoms with Gasteiger partial charge in [-0.05, 0) is 36.1 Å². The van der Waals surface area contributed by atoms with E-state index in [0.717, 1.165) is 44.6 Å². The summed E-state index contributed by atoms with van der Waals surface area (Å²) in [5.41, 5.74) is 2.73. The molecular formula is C20H23NO3. The largest absolute Gasteiger partial charge is 0.478 e. The lowest BCUT2D eigenvalue weighted by Gasteiger charge is -2.33. The highest BCUT2D eigenvalue weighted by Gasteiger charge is 2.20. The maximum atomic E-state index is 11.1. The number of benzene rings is 2. The Labute approximate surface area is 142 Å². The number of carboxylic acids is 1. The van der Waals surface area contributed by atoms with Crippen LogP contribution in [0.5, 0.6) is 0 Å². The van der Waals surface area contributed by atoms with Crippen molar-refractivity contribution in [3.05, 3.63) is 71.3 Å². The van der Waals surface area contributed by atoms with Crippen molar-refractivity contribution in [1.82, 2.24) is 4.90 Å². The molecule has 1 unspecified atom stereocenters. The van der Waals surface area contributed by atoms with E-state index >= 15 is 0 Å². The van der Waals surface area contributed by atoms with Crippen LogP contribution in [0.3, 0.4) is 0 Å². The fraction of sp³-hybridized carbons (Fsp3) is 0.350. The normalized spacial score (nSPS) is 18.4. The van der Waals surface area contributed by atoms with E-state index in [9.17, 15) is 4.79 Å². The van der Waals surface area contributed by atoms with Gasteiger partial charge in [-0.25, -0.2) is 4.79 Å². The lowest BCUT2D eigenvalue weighted by Crippen LogP contribution is -2.42. The van der Waals surface area contributed by atoms with Crippen molar-refractivity contribution in [3.63, 3.8) is 0 Å². The number of nitrogens with zero attached hydrogens (tertiary/aromatic N) is 1. The molecule has 126 valence electrons. The summed E-state index contributed by atoms with van der Waals surface area (Å²) in [4.78, 5) is 13.4. The molecule has 0 saturated carbocycles. The molecule has 24 heavy (non-hydrogen) atoms. The third-order valence-corrected chi connectivity index (χ3v) is 4.40. The lowest BCUT2D eigenvalue weighted by molar-refractivity contribution is -0.0345. The number of hydrogen-bond acceptors (Lipinski definition) is 3. The minimum atomic E-state index is -0.875. The Morgan fingerprint density at radius 1 is 1.12 bits per heavy atom. The fourth-order valence-corrected chi connectivity index (χ4v) is 3.13. The monoisotopic (exact) mass is 325 g/mol. The van der Waals surface area contributed by atoms with Crippen LogP contribution in [0.2, 0.25) is 0 Å². The first kappa shape index (κ1) is 16.7. The van der Waals surface area contributed by atoms with Crippen LogP contribution in [-0.4, -0.2) is 41.8 Å². The van der Waals surface area contributed by atoms with E-state index in [4.69, 9.17) is 9.84 Å². The Balaban J connectivity index is 1.53. The van der Waals surface area contributed by atoms with Crippen LogP contribution in [0, 0.1) is 0 Å². The summed E-state index contributed by atoms with van der Waals surface area (Å²) < 4.78 is 5.89. The Morgan fingerprint density at radius 2 is 1.92 bits per heavy atom. The maximum Gasteiger partial charge on any atom is 0.335 e. The molecule has 4 heteroatoms. The molecule has 0 amide bonds. The van der Waals surface area contributed by atoms with Crippen molar-refractivity contribution in [2.45, 2.75) is 25.5 Å². The summed E-state index contributed by atoms with van der Waals surface area (Å²) in [6.45, 7) is 3.29. The lowest BCUT2D eigenvalue weighted by atomic mass is 10.1. The van der Waals surface area contributed by atoms with Gasteiger partial charge in [-0.15, -0.1) is 0 Å². The van der Waals surface area contributed by atoms with Gasteiger partial charge in [-0.2, -0.15) is 0 Å². The first-order valence-electron chi connectivity index (χ1n) is 8.41. The summed E-state index contributed by atoms with van der Waals surface area (Å²) >= 11 is 0. The molecule has 1 fully saturated rings. The van der Waals surface area contributed by atoms with Gasteiger partial charge in [0.25, 0.3) is 0 Å². The number of carbonyl (C=O) groups is 1. The van der Waals surface area contributed by atoms with Crippen LogP contribution < -0.4 is 0 Å². The number of aryl methyl sites for hydroxylation is 1. The third-order valence-electron chi connectivity index (χ3n) is 4.40. The molecule has 0 bridgehead atoms. The molecule has 0 aromatic heterocycles. The zero-order valence-electron chi connectivity index (χ0n) is 13.7. The van der Waals surface area contributed by atoms with Crippen molar-refractivity contribution >= 4 is 5.97 Å². The minimum absolute atomic E-state index is 0.238. The van der Waals surface area contributed by atoms with Crippen LogP contribution in [-0.2, 0) is 17.7 Å². The summed E-state index contributed by atoms with van der Waals surface area (Å²) in [5.74, 6) is -0.875. The number of ether oxygens (including phenoxy) is 1. The quantitative estimate of drug-likeness (QED) is 0.886. The number of aromatic carboxylic acids is 1. The van der Waals surface area contributed by atoms with Crippen LogP contribution in [0.4, 0.5) is 0 Å². The maximum absolute atomic E-state index is 11.1. The van der Waals surface area contributed by atoms with E-state index in [1.807, 2.05) is 18.2 Å². The first-order chi connectivity index (χ1) is 11.7. The second-order valence-electron chi connectivity index (χ2n) is 6.26. The Kier molecular flexibility index (Phi) is 5.62. The average molecular weight is 325 g/mol. The van der Waals surface area contributed by atoms with Gasteiger partial charge in [0.2, 0.25) is 0 Å². The number of carboxylic acid groups (broad SMARTS) is 1. The predicted octanol–water partition coefficient (Wildman–Crippen LogP) is 3.22. The molecule has 2 aromatic rings. The van der Waals surface area contributed by atoms with Crippen LogP contribution in [0.1, 0.15) is 27.9 Å². The summed E-state index contributed by atoms with van der Waals surface area (Å²) in [5, 5.41) is 9.10. The predicted molar refractivity (Wildman–Crippen MR) is 93.2 cm³/mol. The van der Waals surface area contributed by atoms with Gasteiger partial charge < -0.3 is 9.84 Å². The van der Waals surface area contributed by atoms with Crippen molar-refractivity contribution in [3.8, 4) is 0 Å². The van der Waals surface area contributed by atoms with Crippen molar-refractivity contribution in [2.24, 2.45) is 0 Å². The fourth-order valence-electron chi connectivity index (χ4n) is 3.13. The molecule has 1 heterocycles. The standard InChI is InChI=1S/C20H23NO3/c22-20(23)18-8-4-7-17(13-18)14-21-11-12-24-19(15-21)10-9-16-5-2-1-3-6-16/h1-8,13,19H,9-12,14-15H2,(H,22,23). The van der Waals surface area contributed by atoms with Crippen LogP contribution in [0.25, 0.3) is 0 Å². The SMILES string of the molecule is O=C(O)c1cccc(CN2CCOC(CCc3ccccc3)C2)c1. The summed E-state index contributed by atoms with van der Waals surface area (Å²) in [6.07, 6.45) is 2.27. The van der Waals surface area contributed by atoms with E-state index in [1.54, 1.807) is 12.1 Å². The Hall–Kier alpha value is -2.17. The Bertz CT molecular complexity index is 672. The number of rotatable bonds is 6. The Morgan fingerprint density at radius 3 is 2.71 bits per heavy atom. The van der Waals surface area contributed by atoms with Crippen molar-refractivity contribution in [2.75, 3.05) is 19.7 Å². The second kappa shape index (κ2) is 8.08. The van der Waals surface area contributed by atoms with E-state index in [1.165, 1.54) is 5.56 Å². The molecule has 0 radical (unpaired) electrons. The van der Waals surface area contributed by atoms with E-state index in [-0.39, 0.29) is 6.10 Å². The van der Waals surface area contributed by atoms with Crippen molar-refractivity contribution in [1.29, 1.82) is 0 Å². The van der Waals surface area contributed by atoms with Crippen LogP contribution >= 0.6 is 0 Å². The average Bonchev–Trinajstić information content (AvgIpc) is 2.61. The highest BCUT2D eigenvalue weighted by atomic mass is 16.5. The number of hydrogen-bond donors (Lipinski definition) is 1. The van der Waals surface area contributed by atoms with Gasteiger partial charge >= 0.3 is 5.97 Å². The molecule has 1 N–H and O–H groups in total. The summed E-state index contributed by atoms with van der Waals surface area (Å²) in [6, 6.07) is 17.7. The molecule has 0 aliphatic carbocycles. The van der Waals surface area contributed by atoms with E-state index in [2.05, 4.69) is 29.2 Å². The van der Waals surface area contributed by atoms with Gasteiger partial charge in [-0.1, -0.05) is 42.5 Å². The van der Waals surface area contributed by atoms with Crippen molar-refractivity contribution < 1.29 is 14.6 Å². The minimum Gasteiger partial charge on any atom is -0.478 e. The van der Waals surface area contributed by atoms with Gasteiger partial charge in [0.15, 0.2) is 0 Å². The van der Waals surface area contributed by atoms with Crippen LogP contribution in [0.15, 0.2) is 54.6 Å². The summed E-state index contributed by atoms with van der Waals surface area (Å²) in [7, 11) is 0. The highest BCUT2D eigenvalue weighted by molar-refractivity contribution is 5.87. The molecular weight excluding hydrogens is 302 g/mol. The molecule has 1 saturated heterocycles. The smallest absolute Gasteiger partial charge is 0.335 e. The van der Waals surface area contributed by atoms with Gasteiger partial charge in [0.05, 0.1) is 18.3 Å².